The van der Waals surface area contributed by atoms with Gasteiger partial charge in [-0.05, 0) is 43.8 Å². The molecule has 25 heavy (non-hydrogen) atoms. The van der Waals surface area contributed by atoms with Gasteiger partial charge in [0.1, 0.15) is 0 Å². The van der Waals surface area contributed by atoms with Crippen molar-refractivity contribution in [3.05, 3.63) is 47.0 Å². The molecule has 5 heteroatoms. The third kappa shape index (κ3) is 4.60. The lowest BCUT2D eigenvalue weighted by molar-refractivity contribution is 0.122. The lowest BCUT2D eigenvalue weighted by Crippen LogP contribution is -2.36. The van der Waals surface area contributed by atoms with Crippen LogP contribution < -0.4 is 4.90 Å². The van der Waals surface area contributed by atoms with Crippen molar-refractivity contribution in [2.45, 2.75) is 25.8 Å². The van der Waals surface area contributed by atoms with Crippen molar-refractivity contribution >= 4 is 16.5 Å². The van der Waals surface area contributed by atoms with Crippen LogP contribution in [-0.2, 0) is 17.7 Å². The molecule has 0 spiro atoms. The summed E-state index contributed by atoms with van der Waals surface area (Å²) in [6, 6.07) is 10.9. The largest absolute Gasteiger partial charge is 0.378 e. The fourth-order valence-electron chi connectivity index (χ4n) is 3.79. The van der Waals surface area contributed by atoms with E-state index in [2.05, 4.69) is 51.3 Å². The first-order valence-electron chi connectivity index (χ1n) is 9.40. The summed E-state index contributed by atoms with van der Waals surface area (Å²) in [7, 11) is 0. The summed E-state index contributed by atoms with van der Waals surface area (Å²) in [5.74, 6) is 0.837. The fraction of sp³-hybridized carbons (Fsp3) is 0.550. The van der Waals surface area contributed by atoms with Gasteiger partial charge >= 0.3 is 0 Å². The number of benzene rings is 1. The molecule has 1 aromatic carbocycles. The van der Waals surface area contributed by atoms with Crippen LogP contribution in [-0.4, -0.2) is 49.3 Å². The maximum absolute atomic E-state index is 5.43. The van der Waals surface area contributed by atoms with Gasteiger partial charge in [0.2, 0.25) is 0 Å². The minimum Gasteiger partial charge on any atom is -0.378 e. The molecule has 1 aromatic heterocycles. The first-order valence-corrected chi connectivity index (χ1v) is 10.2. The molecule has 0 N–H and O–H groups in total. The Bertz CT molecular complexity index is 646. The molecule has 2 aliphatic heterocycles. The highest BCUT2D eigenvalue weighted by Crippen LogP contribution is 2.27. The van der Waals surface area contributed by atoms with Crippen LogP contribution in [0, 0.1) is 5.92 Å². The molecule has 0 aliphatic carbocycles. The molecule has 2 aliphatic rings. The second kappa shape index (κ2) is 8.30. The van der Waals surface area contributed by atoms with Gasteiger partial charge in [0.25, 0.3) is 0 Å². The zero-order valence-electron chi connectivity index (χ0n) is 14.8. The number of aromatic nitrogens is 1. The molecular weight excluding hydrogens is 330 g/mol. The van der Waals surface area contributed by atoms with Crippen molar-refractivity contribution in [2.75, 3.05) is 44.3 Å². The number of nitrogens with zero attached hydrogens (tertiary/aromatic N) is 3. The monoisotopic (exact) mass is 357 g/mol. The Morgan fingerprint density at radius 1 is 1.04 bits per heavy atom. The van der Waals surface area contributed by atoms with Crippen molar-refractivity contribution in [1.29, 1.82) is 0 Å². The molecule has 2 fully saturated rings. The molecule has 4 nitrogen and oxygen atoms in total. The molecule has 0 bridgehead atoms. The average Bonchev–Trinajstić information content (AvgIpc) is 3.14. The van der Waals surface area contributed by atoms with E-state index in [0.717, 1.165) is 43.9 Å². The number of ether oxygens (including phenoxy) is 1. The van der Waals surface area contributed by atoms with Crippen molar-refractivity contribution in [1.82, 2.24) is 9.88 Å². The molecule has 0 unspecified atom stereocenters. The number of likely N-dealkylation sites (tertiary alicyclic amines) is 1. The van der Waals surface area contributed by atoms with E-state index in [1.54, 1.807) is 0 Å². The van der Waals surface area contributed by atoms with Crippen LogP contribution in [0.5, 0.6) is 0 Å². The Morgan fingerprint density at radius 2 is 1.80 bits per heavy atom. The summed E-state index contributed by atoms with van der Waals surface area (Å²) in [4.78, 5) is 11.0. The van der Waals surface area contributed by atoms with Crippen LogP contribution in [0.15, 0.2) is 36.5 Å². The second-order valence-electron chi connectivity index (χ2n) is 7.12. The van der Waals surface area contributed by atoms with Crippen LogP contribution in [0.25, 0.3) is 0 Å². The highest BCUT2D eigenvalue weighted by Gasteiger charge is 2.21. The Labute approximate surface area is 154 Å². The SMILES string of the molecule is c1ccc(CC2CCN(Cc3cnc(N4CCOCC4)s3)CC2)cc1. The molecule has 3 heterocycles. The minimum atomic E-state index is 0.823. The van der Waals surface area contributed by atoms with Gasteiger partial charge in [-0.25, -0.2) is 4.98 Å². The predicted molar refractivity (Wildman–Crippen MR) is 103 cm³/mol. The second-order valence-corrected chi connectivity index (χ2v) is 8.21. The van der Waals surface area contributed by atoms with Gasteiger partial charge in [-0.3, -0.25) is 4.90 Å². The Morgan fingerprint density at radius 3 is 2.56 bits per heavy atom. The zero-order chi connectivity index (χ0) is 16.9. The standard InChI is InChI=1S/C20H27N3OS/c1-2-4-17(5-3-1)14-18-6-8-22(9-7-18)16-19-15-21-20(25-19)23-10-12-24-13-11-23/h1-5,15,18H,6-14,16H2. The van der Waals surface area contributed by atoms with Gasteiger partial charge in [0.15, 0.2) is 5.13 Å². The number of thiazole rings is 1. The van der Waals surface area contributed by atoms with E-state index in [4.69, 9.17) is 4.74 Å². The highest BCUT2D eigenvalue weighted by molar-refractivity contribution is 7.15. The van der Waals surface area contributed by atoms with Gasteiger partial charge < -0.3 is 9.64 Å². The third-order valence-corrected chi connectivity index (χ3v) is 6.32. The summed E-state index contributed by atoms with van der Waals surface area (Å²) >= 11 is 1.85. The van der Waals surface area contributed by atoms with Crippen LogP contribution in [0.3, 0.4) is 0 Å². The molecule has 0 saturated carbocycles. The number of anilines is 1. The normalized spacial score (nSPS) is 20.1. The topological polar surface area (TPSA) is 28.6 Å². The summed E-state index contributed by atoms with van der Waals surface area (Å²) in [5.41, 5.74) is 1.48. The number of rotatable bonds is 5. The van der Waals surface area contributed by atoms with Gasteiger partial charge in [-0.2, -0.15) is 0 Å². The molecule has 134 valence electrons. The van der Waals surface area contributed by atoms with Crippen LogP contribution in [0.4, 0.5) is 5.13 Å². The van der Waals surface area contributed by atoms with E-state index >= 15 is 0 Å². The van der Waals surface area contributed by atoms with Gasteiger partial charge in [0, 0.05) is 30.7 Å². The van der Waals surface area contributed by atoms with Crippen LogP contribution >= 0.6 is 11.3 Å². The van der Waals surface area contributed by atoms with Crippen molar-refractivity contribution < 1.29 is 4.74 Å². The lowest BCUT2D eigenvalue weighted by Gasteiger charge is -2.31. The molecule has 0 atom stereocenters. The maximum atomic E-state index is 5.43. The number of hydrogen-bond donors (Lipinski definition) is 0. The highest BCUT2D eigenvalue weighted by atomic mass is 32.1. The van der Waals surface area contributed by atoms with E-state index < -0.39 is 0 Å². The number of hydrogen-bond acceptors (Lipinski definition) is 5. The molecular formula is C20H27N3OS. The van der Waals surface area contributed by atoms with Crippen LogP contribution in [0.1, 0.15) is 23.3 Å². The van der Waals surface area contributed by atoms with Gasteiger partial charge in [-0.15, -0.1) is 11.3 Å². The Balaban J connectivity index is 1.25. The molecule has 0 radical (unpaired) electrons. The molecule has 0 amide bonds. The smallest absolute Gasteiger partial charge is 0.185 e. The lowest BCUT2D eigenvalue weighted by atomic mass is 9.90. The zero-order valence-corrected chi connectivity index (χ0v) is 15.6. The van der Waals surface area contributed by atoms with E-state index in [-0.39, 0.29) is 0 Å². The number of morpholine rings is 1. The fourth-order valence-corrected chi connectivity index (χ4v) is 4.79. The van der Waals surface area contributed by atoms with Crippen molar-refractivity contribution in [3.8, 4) is 0 Å². The summed E-state index contributed by atoms with van der Waals surface area (Å²) < 4.78 is 5.43. The van der Waals surface area contributed by atoms with Crippen LogP contribution in [0.2, 0.25) is 0 Å². The molecule has 4 rings (SSSR count). The van der Waals surface area contributed by atoms with E-state index in [0.29, 0.717) is 0 Å². The molecule has 2 aromatic rings. The summed E-state index contributed by atoms with van der Waals surface area (Å²) in [6.45, 7) is 7.06. The van der Waals surface area contributed by atoms with E-state index in [1.165, 1.54) is 42.8 Å². The Hall–Kier alpha value is -1.43. The minimum absolute atomic E-state index is 0.823. The van der Waals surface area contributed by atoms with Crippen molar-refractivity contribution in [3.63, 3.8) is 0 Å². The predicted octanol–water partition coefficient (Wildman–Crippen LogP) is 3.43. The quantitative estimate of drug-likeness (QED) is 0.820. The maximum Gasteiger partial charge on any atom is 0.185 e. The number of piperidine rings is 1. The van der Waals surface area contributed by atoms with E-state index in [9.17, 15) is 0 Å². The summed E-state index contributed by atoms with van der Waals surface area (Å²) in [5, 5.41) is 1.16. The molecule has 2 saturated heterocycles. The van der Waals surface area contributed by atoms with Crippen molar-refractivity contribution in [2.24, 2.45) is 5.92 Å². The Kier molecular flexibility index (Phi) is 5.65. The van der Waals surface area contributed by atoms with Gasteiger partial charge in [-0.1, -0.05) is 30.3 Å². The van der Waals surface area contributed by atoms with E-state index in [1.807, 2.05) is 11.3 Å². The first-order chi connectivity index (χ1) is 12.4. The summed E-state index contributed by atoms with van der Waals surface area (Å²) in [6.07, 6.45) is 5.93. The third-order valence-electron chi connectivity index (χ3n) is 5.28. The average molecular weight is 358 g/mol. The first kappa shape index (κ1) is 17.0. The van der Waals surface area contributed by atoms with Gasteiger partial charge in [0.05, 0.1) is 13.2 Å².